The third kappa shape index (κ3) is 4.85. The Morgan fingerprint density at radius 2 is 0.587 bits per heavy atom. The van der Waals surface area contributed by atoms with Crippen molar-refractivity contribution in [2.24, 2.45) is 0 Å². The zero-order chi connectivity index (χ0) is 34.7. The number of fused-ring (bicyclic) bond motifs is 1. The van der Waals surface area contributed by atoms with Gasteiger partial charge >= 0.3 is 7.12 Å². The van der Waals surface area contributed by atoms with Crippen molar-refractivity contribution >= 4 is 223 Å². The summed E-state index contributed by atoms with van der Waals surface area (Å²) in [5, 5.41) is 0.306. The van der Waals surface area contributed by atoms with E-state index in [4.69, 9.17) is 127 Å². The molecule has 0 aromatic heterocycles. The fourth-order valence-corrected chi connectivity index (χ4v) is 5.86. The molecule has 0 N–H and O–H groups in total. The molecule has 2 nitrogen and oxygen atoms in total. The second kappa shape index (κ2) is 11.6. The van der Waals surface area contributed by atoms with Crippen molar-refractivity contribution in [1.29, 1.82) is 0 Å². The second-order valence-corrected chi connectivity index (χ2v) is 12.5. The van der Waals surface area contributed by atoms with Gasteiger partial charge in [0.1, 0.15) is 118 Å². The van der Waals surface area contributed by atoms with Crippen LogP contribution >= 0.6 is 0 Å². The first-order valence-electron chi connectivity index (χ1n) is 14.0. The molecule has 4 aromatic carbocycles. The van der Waals surface area contributed by atoms with Crippen LogP contribution in [0.2, 0.25) is 0 Å². The van der Waals surface area contributed by atoms with Gasteiger partial charge in [-0.05, 0) is 66.2 Å². The Hall–Kier alpha value is -1.90. The second-order valence-electron chi connectivity index (χ2n) is 12.5. The van der Waals surface area contributed by atoms with Gasteiger partial charge in [-0.1, -0.05) is 43.7 Å². The van der Waals surface area contributed by atoms with E-state index in [9.17, 15) is 0 Å². The minimum atomic E-state index is -1.04. The lowest BCUT2D eigenvalue weighted by atomic mass is 9.53. The average molecular weight is 553 g/mol. The maximum Gasteiger partial charge on any atom is 0.493 e. The van der Waals surface area contributed by atoms with E-state index in [-0.39, 0.29) is 120 Å². The van der Waals surface area contributed by atoms with Crippen LogP contribution in [-0.4, -0.2) is 136 Å². The predicted molar refractivity (Wildman–Crippen MR) is 211 cm³/mol. The van der Waals surface area contributed by atoms with Gasteiger partial charge in [0.25, 0.3) is 0 Å². The number of benzene rings is 4. The molecule has 18 heteroatoms. The topological polar surface area (TPSA) is 18.5 Å². The summed E-state index contributed by atoms with van der Waals surface area (Å²) in [6, 6.07) is 0. The minimum absolute atomic E-state index is 0.0180. The summed E-state index contributed by atoms with van der Waals surface area (Å²) in [5.41, 5.74) is -1.34. The average Bonchev–Trinajstić information content (AvgIpc) is 3.20. The molecule has 46 heavy (non-hydrogen) atoms. The van der Waals surface area contributed by atoms with Crippen molar-refractivity contribution < 1.29 is 9.31 Å². The summed E-state index contributed by atoms with van der Waals surface area (Å²) >= 11 is 0. The highest BCUT2D eigenvalue weighted by molar-refractivity contribution is 6.78. The molecule has 1 saturated heterocycles. The van der Waals surface area contributed by atoms with Crippen LogP contribution in [-0.2, 0) is 9.31 Å². The third-order valence-corrected chi connectivity index (χ3v) is 9.38. The van der Waals surface area contributed by atoms with Crippen molar-refractivity contribution in [3.63, 3.8) is 0 Å². The van der Waals surface area contributed by atoms with E-state index < -0.39 is 18.3 Å². The van der Waals surface area contributed by atoms with Gasteiger partial charge in [-0.25, -0.2) is 0 Å². The highest BCUT2D eigenvalue weighted by Gasteiger charge is 2.52. The van der Waals surface area contributed by atoms with Gasteiger partial charge < -0.3 is 9.31 Å². The van der Waals surface area contributed by atoms with Crippen molar-refractivity contribution in [2.75, 3.05) is 0 Å². The zero-order valence-corrected chi connectivity index (χ0v) is 26.1. The van der Waals surface area contributed by atoms with Crippen molar-refractivity contribution in [3.8, 4) is 22.3 Å². The maximum absolute atomic E-state index is 6.88. The fraction of sp³-hybridized carbons (Fsp3) is 0.214. The fourth-order valence-electron chi connectivity index (χ4n) is 5.86. The van der Waals surface area contributed by atoms with E-state index in [1.54, 1.807) is 0 Å². The lowest BCUT2D eigenvalue weighted by molar-refractivity contribution is 0.00578. The van der Waals surface area contributed by atoms with E-state index in [0.717, 1.165) is 0 Å². The number of hydrogen-bond donors (Lipinski definition) is 0. The Morgan fingerprint density at radius 1 is 0.326 bits per heavy atom. The lowest BCUT2D eigenvalue weighted by Gasteiger charge is -2.32. The SMILES string of the molecule is [B]c1c([B])c([B])c(-c2c([B])c([B])c(-c3c([B])c([B])c([B])c(B4OC(C)(C)C(C)(C)O4)c3[B])c3c([B])c([B])c([B])c([B])c23)c([B])c1[B]. The summed E-state index contributed by atoms with van der Waals surface area (Å²) in [6.07, 6.45) is 0. The molecular weight excluding hydrogens is 541 g/mol. The monoisotopic (exact) mass is 556 g/mol. The molecule has 30 radical (unpaired) electrons. The van der Waals surface area contributed by atoms with E-state index in [2.05, 4.69) is 0 Å². The summed E-state index contributed by atoms with van der Waals surface area (Å²) in [7, 11) is 96.5. The van der Waals surface area contributed by atoms with Crippen molar-refractivity contribution in [3.05, 3.63) is 0 Å². The van der Waals surface area contributed by atoms with Crippen LogP contribution in [0, 0.1) is 0 Å². The number of hydrogen-bond acceptors (Lipinski definition) is 2. The molecule has 0 amide bonds. The van der Waals surface area contributed by atoms with Gasteiger partial charge in [0, 0.05) is 0 Å². The maximum atomic E-state index is 6.88. The first-order valence-corrected chi connectivity index (χ1v) is 14.0. The molecule has 1 fully saturated rings. The normalized spacial score (nSPS) is 15.5. The first-order chi connectivity index (χ1) is 21.1. The van der Waals surface area contributed by atoms with Crippen LogP contribution in [0.15, 0.2) is 0 Å². The number of rotatable bonds is 3. The van der Waals surface area contributed by atoms with Gasteiger partial charge in [0.05, 0.1) is 11.2 Å². The first kappa shape index (κ1) is 35.4. The largest absolute Gasteiger partial charge is 0.493 e. The van der Waals surface area contributed by atoms with Gasteiger partial charge in [-0.15, -0.1) is 38.2 Å². The summed E-state index contributed by atoms with van der Waals surface area (Å²) in [5.74, 6) is 0. The molecular formula is C28H12B16O2. The van der Waals surface area contributed by atoms with Gasteiger partial charge in [0.15, 0.2) is 0 Å². The third-order valence-electron chi connectivity index (χ3n) is 9.38. The Morgan fingerprint density at radius 3 is 0.957 bits per heavy atom. The quantitative estimate of drug-likeness (QED) is 0.235. The van der Waals surface area contributed by atoms with Crippen LogP contribution in [0.4, 0.5) is 0 Å². The smallest absolute Gasteiger partial charge is 0.399 e. The van der Waals surface area contributed by atoms with E-state index in [1.165, 1.54) is 0 Å². The van der Waals surface area contributed by atoms with Crippen LogP contribution in [0.25, 0.3) is 33.0 Å². The van der Waals surface area contributed by atoms with Crippen molar-refractivity contribution in [2.45, 2.75) is 38.9 Å². The molecule has 0 atom stereocenters. The Bertz CT molecular complexity index is 1980. The molecule has 0 aliphatic carbocycles. The molecule has 0 spiro atoms. The lowest BCUT2D eigenvalue weighted by Crippen LogP contribution is -2.62. The Kier molecular flexibility index (Phi) is 8.94. The highest BCUT2D eigenvalue weighted by Crippen LogP contribution is 2.36. The van der Waals surface area contributed by atoms with Gasteiger partial charge in [0.2, 0.25) is 0 Å². The van der Waals surface area contributed by atoms with Crippen molar-refractivity contribution in [1.82, 2.24) is 0 Å². The molecule has 1 heterocycles. The van der Waals surface area contributed by atoms with Crippen LogP contribution in [0.1, 0.15) is 27.7 Å². The van der Waals surface area contributed by atoms with Crippen LogP contribution < -0.4 is 87.4 Å². The standard InChI is InChI=1S/C28H12B16O2/c1-27(2)28(3,4)46-44(45-27)26-18(36)10(17(35)23(41)25(26)43)8-6-5(13(31)19(37)20(38)14(6)32)7(11(29)12(8)30)9-15(33)21(39)24(42)22(40)16(9)34/h1-4H3. The molecule has 184 valence electrons. The van der Waals surface area contributed by atoms with Gasteiger partial charge in [-0.3, -0.25) is 0 Å². The predicted octanol–water partition coefficient (Wildman–Crippen LogP) is -11.6. The Balaban J connectivity index is 2.02. The molecule has 4 aromatic rings. The van der Waals surface area contributed by atoms with Gasteiger partial charge in [-0.2, -0.15) is 0 Å². The Labute approximate surface area is 292 Å². The molecule has 0 saturated carbocycles. The summed E-state index contributed by atoms with van der Waals surface area (Å²) in [4.78, 5) is 0. The summed E-state index contributed by atoms with van der Waals surface area (Å²) in [6.45, 7) is 7.49. The molecule has 5 rings (SSSR count). The summed E-state index contributed by atoms with van der Waals surface area (Å²) < 4.78 is 12.5. The molecule has 1 aliphatic heterocycles. The zero-order valence-electron chi connectivity index (χ0n) is 26.1. The molecule has 0 bridgehead atoms. The van der Waals surface area contributed by atoms with Crippen LogP contribution in [0.5, 0.6) is 0 Å². The van der Waals surface area contributed by atoms with E-state index in [1.807, 2.05) is 27.7 Å². The van der Waals surface area contributed by atoms with E-state index >= 15 is 0 Å². The highest BCUT2D eigenvalue weighted by atomic mass is 16.7. The van der Waals surface area contributed by atoms with E-state index in [0.29, 0.717) is 0 Å². The molecule has 0 unspecified atom stereocenters. The van der Waals surface area contributed by atoms with Crippen LogP contribution in [0.3, 0.4) is 0 Å². The molecule has 1 aliphatic rings. The minimum Gasteiger partial charge on any atom is -0.399 e.